The lowest BCUT2D eigenvalue weighted by Gasteiger charge is -2.22. The summed E-state index contributed by atoms with van der Waals surface area (Å²) in [6.07, 6.45) is 5.97. The number of carbonyl (C=O) groups is 1. The van der Waals surface area contributed by atoms with Crippen LogP contribution in [0.3, 0.4) is 0 Å². The molecule has 3 nitrogen and oxygen atoms in total. The molecule has 3 heteroatoms. The van der Waals surface area contributed by atoms with Crippen molar-refractivity contribution < 1.29 is 14.6 Å². The van der Waals surface area contributed by atoms with Gasteiger partial charge in [0.2, 0.25) is 0 Å². The molecule has 0 aliphatic heterocycles. The summed E-state index contributed by atoms with van der Waals surface area (Å²) in [6, 6.07) is 7.93. The summed E-state index contributed by atoms with van der Waals surface area (Å²) in [6.45, 7) is 0. The third-order valence-electron chi connectivity index (χ3n) is 4.15. The zero-order chi connectivity index (χ0) is 13.7. The predicted octanol–water partition coefficient (Wildman–Crippen LogP) is 3.52. The van der Waals surface area contributed by atoms with Crippen LogP contribution >= 0.6 is 0 Å². The van der Waals surface area contributed by atoms with E-state index in [9.17, 15) is 9.90 Å². The summed E-state index contributed by atoms with van der Waals surface area (Å²) in [4.78, 5) is 11.4. The molecule has 0 amide bonds. The van der Waals surface area contributed by atoms with Gasteiger partial charge in [-0.05, 0) is 36.8 Å². The molecule has 0 saturated heterocycles. The Kier molecular flexibility index (Phi) is 4.83. The normalized spacial score (nSPS) is 23.6. The Hall–Kier alpha value is -1.51. The van der Waals surface area contributed by atoms with Crippen molar-refractivity contribution in [2.24, 2.45) is 11.8 Å². The van der Waals surface area contributed by atoms with Gasteiger partial charge in [0.25, 0.3) is 0 Å². The van der Waals surface area contributed by atoms with E-state index < -0.39 is 5.97 Å². The molecule has 0 heterocycles. The van der Waals surface area contributed by atoms with Crippen molar-refractivity contribution in [3.63, 3.8) is 0 Å². The second-order valence-corrected chi connectivity index (χ2v) is 5.36. The number of rotatable bonds is 4. The Labute approximate surface area is 114 Å². The monoisotopic (exact) mass is 262 g/mol. The van der Waals surface area contributed by atoms with Gasteiger partial charge in [0.1, 0.15) is 5.75 Å². The van der Waals surface area contributed by atoms with Gasteiger partial charge in [0.15, 0.2) is 0 Å². The number of hydrogen-bond donors (Lipinski definition) is 1. The lowest BCUT2D eigenvalue weighted by atomic mass is 9.83. The Morgan fingerprint density at radius 2 is 2.00 bits per heavy atom. The number of carboxylic acid groups (broad SMARTS) is 1. The summed E-state index contributed by atoms with van der Waals surface area (Å²) in [5.41, 5.74) is 1.13. The van der Waals surface area contributed by atoms with Crippen LogP contribution in [0.5, 0.6) is 5.75 Å². The highest BCUT2D eigenvalue weighted by Crippen LogP contribution is 2.33. The van der Waals surface area contributed by atoms with Gasteiger partial charge in [-0.1, -0.05) is 37.5 Å². The van der Waals surface area contributed by atoms with E-state index >= 15 is 0 Å². The van der Waals surface area contributed by atoms with Gasteiger partial charge >= 0.3 is 5.97 Å². The summed E-state index contributed by atoms with van der Waals surface area (Å²) in [5, 5.41) is 9.41. The van der Waals surface area contributed by atoms with Gasteiger partial charge in [0.05, 0.1) is 13.0 Å². The van der Waals surface area contributed by atoms with E-state index in [1.54, 1.807) is 7.11 Å². The zero-order valence-corrected chi connectivity index (χ0v) is 11.5. The van der Waals surface area contributed by atoms with E-state index in [1.807, 2.05) is 24.3 Å². The number of para-hydroxylation sites is 1. The van der Waals surface area contributed by atoms with Crippen molar-refractivity contribution in [3.05, 3.63) is 29.8 Å². The van der Waals surface area contributed by atoms with Crippen molar-refractivity contribution in [1.82, 2.24) is 0 Å². The molecule has 1 N–H and O–H groups in total. The van der Waals surface area contributed by atoms with Gasteiger partial charge in [-0.15, -0.1) is 0 Å². The number of ether oxygens (including phenoxy) is 1. The fourth-order valence-electron chi connectivity index (χ4n) is 3.11. The minimum atomic E-state index is -0.637. The van der Waals surface area contributed by atoms with E-state index in [0.29, 0.717) is 0 Å². The summed E-state index contributed by atoms with van der Waals surface area (Å²) >= 11 is 0. The Bertz CT molecular complexity index is 428. The van der Waals surface area contributed by atoms with E-state index in [4.69, 9.17) is 4.74 Å². The predicted molar refractivity (Wildman–Crippen MR) is 74.4 cm³/mol. The van der Waals surface area contributed by atoms with Crippen LogP contribution in [0.1, 0.15) is 37.7 Å². The molecule has 1 saturated carbocycles. The standard InChI is InChI=1S/C16H22O3/c1-19-15-10-6-5-8-13(15)11-12-7-3-2-4-9-14(12)16(17)18/h5-6,8,10,12,14H,2-4,7,9,11H2,1H3,(H,17,18). The maximum atomic E-state index is 11.4. The first-order valence-electron chi connectivity index (χ1n) is 7.07. The molecule has 104 valence electrons. The zero-order valence-electron chi connectivity index (χ0n) is 11.5. The Morgan fingerprint density at radius 3 is 2.74 bits per heavy atom. The summed E-state index contributed by atoms with van der Waals surface area (Å²) in [5.74, 6) is 0.265. The highest BCUT2D eigenvalue weighted by atomic mass is 16.5. The second kappa shape index (κ2) is 6.60. The molecule has 1 aromatic carbocycles. The molecular weight excluding hydrogens is 240 g/mol. The van der Waals surface area contributed by atoms with Crippen molar-refractivity contribution in [2.45, 2.75) is 38.5 Å². The van der Waals surface area contributed by atoms with E-state index in [-0.39, 0.29) is 11.8 Å². The molecule has 1 aliphatic carbocycles. The minimum Gasteiger partial charge on any atom is -0.496 e. The van der Waals surface area contributed by atoms with Crippen molar-refractivity contribution in [1.29, 1.82) is 0 Å². The van der Waals surface area contributed by atoms with Crippen LogP contribution in [0.2, 0.25) is 0 Å². The second-order valence-electron chi connectivity index (χ2n) is 5.36. The number of carboxylic acids is 1. The van der Waals surface area contributed by atoms with E-state index in [2.05, 4.69) is 0 Å². The fourth-order valence-corrected chi connectivity index (χ4v) is 3.11. The molecule has 2 unspecified atom stereocenters. The van der Waals surface area contributed by atoms with Crippen molar-refractivity contribution >= 4 is 5.97 Å². The van der Waals surface area contributed by atoms with Gasteiger partial charge in [-0.25, -0.2) is 0 Å². The van der Waals surface area contributed by atoms with Gasteiger partial charge in [-0.2, -0.15) is 0 Å². The van der Waals surface area contributed by atoms with Crippen molar-refractivity contribution in [3.8, 4) is 5.75 Å². The summed E-state index contributed by atoms with van der Waals surface area (Å²) < 4.78 is 5.37. The number of benzene rings is 1. The van der Waals surface area contributed by atoms with Crippen LogP contribution in [0.25, 0.3) is 0 Å². The van der Waals surface area contributed by atoms with E-state index in [1.165, 1.54) is 0 Å². The van der Waals surface area contributed by atoms with Crippen LogP contribution in [-0.4, -0.2) is 18.2 Å². The number of methoxy groups -OCH3 is 1. The van der Waals surface area contributed by atoms with Crippen LogP contribution < -0.4 is 4.74 Å². The van der Waals surface area contributed by atoms with Crippen LogP contribution in [0, 0.1) is 11.8 Å². The lowest BCUT2D eigenvalue weighted by molar-refractivity contribution is -0.143. The number of hydrogen-bond acceptors (Lipinski definition) is 2. The first-order valence-corrected chi connectivity index (χ1v) is 7.07. The molecule has 2 atom stereocenters. The molecular formula is C16H22O3. The van der Waals surface area contributed by atoms with Crippen LogP contribution in [0.15, 0.2) is 24.3 Å². The van der Waals surface area contributed by atoms with Gasteiger partial charge in [-0.3, -0.25) is 4.79 Å². The van der Waals surface area contributed by atoms with Crippen LogP contribution in [0.4, 0.5) is 0 Å². The third kappa shape index (κ3) is 3.49. The van der Waals surface area contributed by atoms with Gasteiger partial charge in [0, 0.05) is 0 Å². The first-order chi connectivity index (χ1) is 9.22. The molecule has 1 aromatic rings. The number of aliphatic carboxylic acids is 1. The van der Waals surface area contributed by atoms with Gasteiger partial charge < -0.3 is 9.84 Å². The third-order valence-corrected chi connectivity index (χ3v) is 4.15. The Morgan fingerprint density at radius 1 is 1.26 bits per heavy atom. The highest BCUT2D eigenvalue weighted by Gasteiger charge is 2.29. The lowest BCUT2D eigenvalue weighted by Crippen LogP contribution is -2.24. The maximum absolute atomic E-state index is 11.4. The SMILES string of the molecule is COc1ccccc1CC1CCCCCC1C(=O)O. The topological polar surface area (TPSA) is 46.5 Å². The molecule has 19 heavy (non-hydrogen) atoms. The molecule has 1 aliphatic rings. The minimum absolute atomic E-state index is 0.201. The largest absolute Gasteiger partial charge is 0.496 e. The summed E-state index contributed by atoms with van der Waals surface area (Å²) in [7, 11) is 1.67. The van der Waals surface area contributed by atoms with Crippen LogP contribution in [-0.2, 0) is 11.2 Å². The first kappa shape index (κ1) is 13.9. The quantitative estimate of drug-likeness (QED) is 0.844. The molecule has 1 fully saturated rings. The molecule has 0 bridgehead atoms. The fraction of sp³-hybridized carbons (Fsp3) is 0.562. The average molecular weight is 262 g/mol. The van der Waals surface area contributed by atoms with Crippen molar-refractivity contribution in [2.75, 3.05) is 7.11 Å². The average Bonchev–Trinajstić information content (AvgIpc) is 2.65. The molecule has 0 aromatic heterocycles. The molecule has 2 rings (SSSR count). The molecule has 0 radical (unpaired) electrons. The Balaban J connectivity index is 2.16. The smallest absolute Gasteiger partial charge is 0.306 e. The highest BCUT2D eigenvalue weighted by molar-refractivity contribution is 5.70. The van der Waals surface area contributed by atoms with E-state index in [0.717, 1.165) is 49.8 Å². The maximum Gasteiger partial charge on any atom is 0.306 e. The molecule has 0 spiro atoms.